The van der Waals surface area contributed by atoms with E-state index in [1.54, 1.807) is 0 Å². The van der Waals surface area contributed by atoms with Crippen molar-refractivity contribution >= 4 is 23.5 Å². The van der Waals surface area contributed by atoms with Gasteiger partial charge in [0.05, 0.1) is 13.2 Å². The lowest BCUT2D eigenvalue weighted by Gasteiger charge is -2.20. The maximum atomic E-state index is 14.5. The third kappa shape index (κ3) is 19.3. The minimum Gasteiger partial charge on any atom is -0.349 e. The molecule has 13 N–H and O–H groups in total. The third-order valence-electron chi connectivity index (χ3n) is 7.19. The summed E-state index contributed by atoms with van der Waals surface area (Å²) in [6.07, 6.45) is 11.8. The molecule has 0 aliphatic carbocycles. The van der Waals surface area contributed by atoms with Gasteiger partial charge in [-0.2, -0.15) is 8.62 Å². The second kappa shape index (κ2) is 24.1. The van der Waals surface area contributed by atoms with E-state index >= 15 is 0 Å². The van der Waals surface area contributed by atoms with Crippen molar-refractivity contribution in [1.82, 2.24) is 28.0 Å². The summed E-state index contributed by atoms with van der Waals surface area (Å²) in [5, 5.41) is 0. The molecular formula is C26H57FN5O13P3. The SMILES string of the molecule is CCCCCCCCCCCCCCCCOP(=O)(O)OP(=O)(O)OP(=O)(O)OC[C@H]1O[C@@H](n2cc(C)c(=O)[nH]c2=O)C[C@@H]1F.N.N.N. The summed E-state index contributed by atoms with van der Waals surface area (Å²) in [6, 6.07) is 0. The Morgan fingerprint density at radius 1 is 0.812 bits per heavy atom. The highest BCUT2D eigenvalue weighted by Gasteiger charge is 2.44. The fourth-order valence-electron chi connectivity index (χ4n) is 4.78. The number of unbranched alkanes of at least 4 members (excludes halogenated alkanes) is 13. The molecule has 18 nitrogen and oxygen atoms in total. The van der Waals surface area contributed by atoms with Crippen molar-refractivity contribution < 1.29 is 55.2 Å². The van der Waals surface area contributed by atoms with Crippen molar-refractivity contribution in [2.75, 3.05) is 13.2 Å². The summed E-state index contributed by atoms with van der Waals surface area (Å²) in [4.78, 5) is 54.9. The van der Waals surface area contributed by atoms with Crippen molar-refractivity contribution in [3.05, 3.63) is 32.6 Å². The molecule has 0 aromatic carbocycles. The first-order valence-electron chi connectivity index (χ1n) is 15.5. The molecule has 0 radical (unpaired) electrons. The van der Waals surface area contributed by atoms with Gasteiger partial charge in [0.1, 0.15) is 18.5 Å². The number of nitrogens with zero attached hydrogens (tertiary/aromatic N) is 1. The van der Waals surface area contributed by atoms with E-state index in [0.717, 1.165) is 36.4 Å². The average molecular weight is 760 g/mol. The van der Waals surface area contributed by atoms with Crippen LogP contribution >= 0.6 is 23.5 Å². The average Bonchev–Trinajstić information content (AvgIpc) is 3.30. The summed E-state index contributed by atoms with van der Waals surface area (Å²) in [5.41, 5.74) is -1.34. The van der Waals surface area contributed by atoms with Gasteiger partial charge in [0, 0.05) is 18.2 Å². The van der Waals surface area contributed by atoms with Crippen LogP contribution in [-0.2, 0) is 36.1 Å². The predicted octanol–water partition coefficient (Wildman–Crippen LogP) is 6.81. The van der Waals surface area contributed by atoms with E-state index in [2.05, 4.69) is 24.6 Å². The first kappa shape index (κ1) is 49.0. The zero-order valence-corrected chi connectivity index (χ0v) is 30.7. The number of aromatic amines is 1. The van der Waals surface area contributed by atoms with E-state index in [0.29, 0.717) is 12.8 Å². The maximum absolute atomic E-state index is 14.5. The molecule has 3 unspecified atom stereocenters. The minimum absolute atomic E-state index is 0. The second-order valence-electron chi connectivity index (χ2n) is 11.2. The Morgan fingerprint density at radius 2 is 1.27 bits per heavy atom. The number of hydrogen-bond acceptors (Lipinski definition) is 13. The number of nitrogens with one attached hydrogen (secondary N) is 1. The highest BCUT2D eigenvalue weighted by atomic mass is 31.3. The van der Waals surface area contributed by atoms with Crippen LogP contribution in [-0.4, -0.2) is 49.7 Å². The van der Waals surface area contributed by atoms with Crippen molar-refractivity contribution in [1.29, 1.82) is 0 Å². The van der Waals surface area contributed by atoms with Crippen LogP contribution < -0.4 is 29.7 Å². The van der Waals surface area contributed by atoms with Crippen LogP contribution in [0.25, 0.3) is 0 Å². The van der Waals surface area contributed by atoms with Crippen LogP contribution in [0.4, 0.5) is 4.39 Å². The van der Waals surface area contributed by atoms with Crippen molar-refractivity contribution in [2.24, 2.45) is 0 Å². The predicted molar refractivity (Wildman–Crippen MR) is 178 cm³/mol. The van der Waals surface area contributed by atoms with Gasteiger partial charge in [-0.1, -0.05) is 90.4 Å². The molecule has 286 valence electrons. The topological polar surface area (TPSA) is 318 Å². The number of rotatable bonds is 24. The first-order valence-corrected chi connectivity index (χ1v) is 19.9. The first-order chi connectivity index (χ1) is 21.1. The molecule has 1 aromatic rings. The maximum Gasteiger partial charge on any atom is 0.490 e. The van der Waals surface area contributed by atoms with Gasteiger partial charge in [-0.25, -0.2) is 22.9 Å². The standard InChI is InChI=1S/C26H48FN2O13P3.3H3N/c1-3-4-5-6-7-8-9-10-11-12-13-14-15-16-17-38-43(32,33)41-45(36,37)42-44(34,35)39-20-23-22(27)18-24(40-23)29-19-21(2)25(30)28-26(29)31;;;/h19,22-24H,3-18,20H2,1-2H3,(H,32,33)(H,34,35)(H,36,37)(H,28,30,31);3*1H3/t22-,23+,24+;;;/m0.../s1. The Kier molecular flexibility index (Phi) is 24.6. The molecule has 2 rings (SSSR count). The van der Waals surface area contributed by atoms with Crippen LogP contribution in [0.1, 0.15) is 115 Å². The van der Waals surface area contributed by atoms with E-state index in [1.165, 1.54) is 58.3 Å². The largest absolute Gasteiger partial charge is 0.490 e. The summed E-state index contributed by atoms with van der Waals surface area (Å²) in [5.74, 6) is 0. The van der Waals surface area contributed by atoms with Gasteiger partial charge >= 0.3 is 29.2 Å². The highest BCUT2D eigenvalue weighted by molar-refractivity contribution is 7.66. The number of phosphoric acid groups is 3. The smallest absolute Gasteiger partial charge is 0.349 e. The molecule has 1 aromatic heterocycles. The van der Waals surface area contributed by atoms with Crippen LogP contribution in [0.3, 0.4) is 0 Å². The van der Waals surface area contributed by atoms with Gasteiger partial charge in [-0.3, -0.25) is 23.4 Å². The molecule has 1 aliphatic heterocycles. The monoisotopic (exact) mass is 759 g/mol. The van der Waals surface area contributed by atoms with Crippen LogP contribution in [0.2, 0.25) is 0 Å². The van der Waals surface area contributed by atoms with E-state index in [-0.39, 0.29) is 37.0 Å². The van der Waals surface area contributed by atoms with Gasteiger partial charge in [0.15, 0.2) is 0 Å². The minimum atomic E-state index is -5.67. The molecule has 0 bridgehead atoms. The zero-order chi connectivity index (χ0) is 33.5. The molecule has 2 heterocycles. The molecule has 6 atom stereocenters. The summed E-state index contributed by atoms with van der Waals surface area (Å²) in [7, 11) is -16.3. The lowest BCUT2D eigenvalue weighted by Crippen LogP contribution is -2.33. The summed E-state index contributed by atoms with van der Waals surface area (Å²) >= 11 is 0. The Bertz CT molecular complexity index is 1300. The van der Waals surface area contributed by atoms with Gasteiger partial charge in [-0.15, -0.1) is 0 Å². The number of H-pyrrole nitrogens is 1. The Balaban J connectivity index is 0. The Hall–Kier alpha value is -1.14. The van der Waals surface area contributed by atoms with Gasteiger partial charge in [0.2, 0.25) is 0 Å². The van der Waals surface area contributed by atoms with Crippen LogP contribution in [0, 0.1) is 6.92 Å². The normalized spacial score (nSPS) is 21.2. The molecule has 0 saturated carbocycles. The molecule has 1 fully saturated rings. The fourth-order valence-corrected chi connectivity index (χ4v) is 8.32. The molecule has 22 heteroatoms. The van der Waals surface area contributed by atoms with E-state index < -0.39 is 59.8 Å². The van der Waals surface area contributed by atoms with Crippen LogP contribution in [0.15, 0.2) is 15.8 Å². The number of ether oxygens (including phenoxy) is 1. The van der Waals surface area contributed by atoms with Gasteiger partial charge in [-0.05, 0) is 13.3 Å². The lowest BCUT2D eigenvalue weighted by atomic mass is 10.0. The molecular weight excluding hydrogens is 702 g/mol. The van der Waals surface area contributed by atoms with Crippen molar-refractivity contribution in [2.45, 2.75) is 129 Å². The molecule has 0 spiro atoms. The zero-order valence-electron chi connectivity index (χ0n) is 28.0. The van der Waals surface area contributed by atoms with Crippen LogP contribution in [0.5, 0.6) is 0 Å². The molecule has 1 aliphatic rings. The summed E-state index contributed by atoms with van der Waals surface area (Å²) < 4.78 is 74.5. The second-order valence-corrected chi connectivity index (χ2v) is 15.8. The third-order valence-corrected chi connectivity index (χ3v) is 11.5. The number of aryl methyl sites for hydroxylation is 1. The number of halogens is 1. The van der Waals surface area contributed by atoms with E-state index in [1.807, 2.05) is 4.98 Å². The summed E-state index contributed by atoms with van der Waals surface area (Å²) in [6.45, 7) is 2.39. The van der Waals surface area contributed by atoms with Gasteiger partial charge in [0.25, 0.3) is 5.56 Å². The molecule has 1 saturated heterocycles. The molecule has 48 heavy (non-hydrogen) atoms. The van der Waals surface area contributed by atoms with Crippen molar-refractivity contribution in [3.8, 4) is 0 Å². The number of phosphoric ester groups is 2. The van der Waals surface area contributed by atoms with Crippen molar-refractivity contribution in [3.63, 3.8) is 0 Å². The van der Waals surface area contributed by atoms with E-state index in [4.69, 9.17) is 4.74 Å². The lowest BCUT2D eigenvalue weighted by molar-refractivity contribution is -0.0350. The Labute approximate surface area is 281 Å². The van der Waals surface area contributed by atoms with Gasteiger partial charge < -0.3 is 37.9 Å². The fraction of sp³-hybridized carbons (Fsp3) is 0.846. The quantitative estimate of drug-likeness (QED) is 0.0420. The van der Waals surface area contributed by atoms with E-state index in [9.17, 15) is 42.4 Å². The number of hydrogen-bond donors (Lipinski definition) is 7. The number of aromatic nitrogens is 2. The number of alkyl halides is 1. The Morgan fingerprint density at radius 3 is 1.77 bits per heavy atom. The molecule has 0 amide bonds. The highest BCUT2D eigenvalue weighted by Crippen LogP contribution is 2.67.